The Labute approximate surface area is 125 Å². The van der Waals surface area contributed by atoms with Crippen LogP contribution in [0.1, 0.15) is 23.2 Å². The number of aliphatic hydroxyl groups excluding tert-OH is 1. The summed E-state index contributed by atoms with van der Waals surface area (Å²) in [5, 5.41) is 12.4. The van der Waals surface area contributed by atoms with Crippen LogP contribution in [-0.2, 0) is 25.7 Å². The van der Waals surface area contributed by atoms with Gasteiger partial charge in [0.25, 0.3) is 0 Å². The lowest BCUT2D eigenvalue weighted by Crippen LogP contribution is -2.10. The van der Waals surface area contributed by atoms with Crippen LogP contribution in [0, 0.1) is 0 Å². The predicted octanol–water partition coefficient (Wildman–Crippen LogP) is 3.68. The molecular formula is C14H14ClF3N2O. The zero-order valence-corrected chi connectivity index (χ0v) is 11.8. The van der Waals surface area contributed by atoms with E-state index in [1.807, 2.05) is 30.3 Å². The number of hydrogen-bond acceptors (Lipinski definition) is 2. The van der Waals surface area contributed by atoms with Gasteiger partial charge in [-0.05, 0) is 18.4 Å². The minimum absolute atomic E-state index is 0.155. The Morgan fingerprint density at radius 3 is 2.38 bits per heavy atom. The minimum Gasteiger partial charge on any atom is -0.391 e. The zero-order chi connectivity index (χ0) is 15.5. The highest BCUT2D eigenvalue weighted by Crippen LogP contribution is 2.34. The van der Waals surface area contributed by atoms with E-state index in [4.69, 9.17) is 16.7 Å². The lowest BCUT2D eigenvalue weighted by atomic mass is 10.1. The van der Waals surface area contributed by atoms with Crippen molar-refractivity contribution in [3.05, 3.63) is 52.3 Å². The number of aromatic nitrogens is 2. The molecule has 2 rings (SSSR count). The highest BCUT2D eigenvalue weighted by molar-refractivity contribution is 6.30. The average Bonchev–Trinajstić information content (AvgIpc) is 2.77. The van der Waals surface area contributed by atoms with Crippen LogP contribution in [0.3, 0.4) is 0 Å². The minimum atomic E-state index is -4.62. The summed E-state index contributed by atoms with van der Waals surface area (Å²) in [7, 11) is 0. The summed E-state index contributed by atoms with van der Waals surface area (Å²) in [6, 6.07) is 9.61. The summed E-state index contributed by atoms with van der Waals surface area (Å²) in [5.41, 5.74) is -0.391. The van der Waals surface area contributed by atoms with E-state index >= 15 is 0 Å². The van der Waals surface area contributed by atoms with Crippen molar-refractivity contribution >= 4 is 11.6 Å². The molecule has 0 aliphatic carbocycles. The van der Waals surface area contributed by atoms with Crippen LogP contribution in [0.5, 0.6) is 0 Å². The third-order valence-corrected chi connectivity index (χ3v) is 3.51. The smallest absolute Gasteiger partial charge is 0.391 e. The second-order valence-corrected chi connectivity index (χ2v) is 4.94. The normalized spacial score (nSPS) is 11.9. The Kier molecular flexibility index (Phi) is 4.90. The van der Waals surface area contributed by atoms with Gasteiger partial charge in [-0.1, -0.05) is 41.9 Å². The molecule has 1 N–H and O–H groups in total. The molecule has 0 atom stereocenters. The molecule has 7 heteroatoms. The van der Waals surface area contributed by atoms with Crippen molar-refractivity contribution in [1.82, 2.24) is 9.78 Å². The van der Waals surface area contributed by atoms with Crippen molar-refractivity contribution in [2.24, 2.45) is 0 Å². The largest absolute Gasteiger partial charge is 0.435 e. The van der Waals surface area contributed by atoms with Crippen LogP contribution in [0.2, 0.25) is 5.15 Å². The van der Waals surface area contributed by atoms with Crippen molar-refractivity contribution in [3.8, 4) is 0 Å². The Hall–Kier alpha value is -1.53. The monoisotopic (exact) mass is 318 g/mol. The first-order valence-corrected chi connectivity index (χ1v) is 6.78. The molecule has 1 aromatic carbocycles. The molecule has 1 heterocycles. The molecule has 2 aromatic rings. The van der Waals surface area contributed by atoms with Gasteiger partial charge in [0.15, 0.2) is 5.69 Å². The first-order valence-electron chi connectivity index (χ1n) is 6.40. The van der Waals surface area contributed by atoms with Crippen LogP contribution < -0.4 is 0 Å². The highest BCUT2D eigenvalue weighted by atomic mass is 35.5. The number of aliphatic hydroxyl groups is 1. The first kappa shape index (κ1) is 15.9. The van der Waals surface area contributed by atoms with E-state index in [0.717, 1.165) is 10.2 Å². The third kappa shape index (κ3) is 3.77. The molecule has 1 aromatic heterocycles. The van der Waals surface area contributed by atoms with Gasteiger partial charge < -0.3 is 5.11 Å². The fraction of sp³-hybridized carbons (Fsp3) is 0.357. The molecule has 114 valence electrons. The Bertz CT molecular complexity index is 596. The van der Waals surface area contributed by atoms with E-state index in [-0.39, 0.29) is 17.3 Å². The van der Waals surface area contributed by atoms with Gasteiger partial charge in [0, 0.05) is 12.1 Å². The van der Waals surface area contributed by atoms with Gasteiger partial charge in [-0.2, -0.15) is 18.3 Å². The predicted molar refractivity (Wildman–Crippen MR) is 72.9 cm³/mol. The fourth-order valence-corrected chi connectivity index (χ4v) is 2.34. The lowest BCUT2D eigenvalue weighted by molar-refractivity contribution is -0.142. The van der Waals surface area contributed by atoms with Crippen LogP contribution in [0.15, 0.2) is 30.3 Å². The van der Waals surface area contributed by atoms with Crippen molar-refractivity contribution < 1.29 is 18.3 Å². The molecular weight excluding hydrogens is 305 g/mol. The molecule has 0 spiro atoms. The van der Waals surface area contributed by atoms with E-state index in [1.54, 1.807) is 0 Å². The van der Waals surface area contributed by atoms with Gasteiger partial charge in [-0.3, -0.25) is 4.68 Å². The van der Waals surface area contributed by atoms with E-state index < -0.39 is 18.5 Å². The van der Waals surface area contributed by atoms with Gasteiger partial charge in [0.2, 0.25) is 0 Å². The number of aryl methyl sites for hydroxylation is 2. The molecule has 0 fully saturated rings. The molecule has 0 saturated heterocycles. The second-order valence-electron chi connectivity index (χ2n) is 4.59. The third-order valence-electron chi connectivity index (χ3n) is 3.09. The standard InChI is InChI=1S/C14H14ClF3N2O/c15-13-11(9-21)12(14(16,17)18)19-20(13)8-4-7-10-5-2-1-3-6-10/h1-3,5-6,21H,4,7-9H2. The van der Waals surface area contributed by atoms with Gasteiger partial charge in [0.05, 0.1) is 6.61 Å². The van der Waals surface area contributed by atoms with E-state index in [1.165, 1.54) is 0 Å². The number of nitrogens with zero attached hydrogens (tertiary/aromatic N) is 2. The number of benzene rings is 1. The SMILES string of the molecule is OCc1c(C(F)(F)F)nn(CCCc2ccccc2)c1Cl. The summed E-state index contributed by atoms with van der Waals surface area (Å²) in [4.78, 5) is 0. The fourth-order valence-electron chi connectivity index (χ4n) is 2.07. The molecule has 0 aliphatic rings. The first-order chi connectivity index (χ1) is 9.93. The maximum atomic E-state index is 12.8. The average molecular weight is 319 g/mol. The molecule has 0 aliphatic heterocycles. The maximum absolute atomic E-state index is 12.8. The van der Waals surface area contributed by atoms with Crippen molar-refractivity contribution in [2.45, 2.75) is 32.2 Å². The molecule has 0 saturated carbocycles. The zero-order valence-electron chi connectivity index (χ0n) is 11.1. The van der Waals surface area contributed by atoms with Gasteiger partial charge >= 0.3 is 6.18 Å². The number of halogens is 4. The van der Waals surface area contributed by atoms with Gasteiger partial charge in [0.1, 0.15) is 5.15 Å². The van der Waals surface area contributed by atoms with Crippen molar-refractivity contribution in [2.75, 3.05) is 0 Å². The van der Waals surface area contributed by atoms with Crippen LogP contribution in [0.25, 0.3) is 0 Å². The molecule has 0 radical (unpaired) electrons. The summed E-state index contributed by atoms with van der Waals surface area (Å²) in [6.45, 7) is -0.525. The summed E-state index contributed by atoms with van der Waals surface area (Å²) in [6.07, 6.45) is -3.30. The molecule has 3 nitrogen and oxygen atoms in total. The lowest BCUT2D eigenvalue weighted by Gasteiger charge is -2.04. The highest BCUT2D eigenvalue weighted by Gasteiger charge is 2.38. The quantitative estimate of drug-likeness (QED) is 0.913. The number of hydrogen-bond donors (Lipinski definition) is 1. The van der Waals surface area contributed by atoms with E-state index in [2.05, 4.69) is 5.10 Å². The van der Waals surface area contributed by atoms with Crippen molar-refractivity contribution in [1.29, 1.82) is 0 Å². The Morgan fingerprint density at radius 1 is 1.19 bits per heavy atom. The summed E-state index contributed by atoms with van der Waals surface area (Å²) in [5.74, 6) is 0. The van der Waals surface area contributed by atoms with Gasteiger partial charge in [-0.25, -0.2) is 0 Å². The Balaban J connectivity index is 2.09. The molecule has 21 heavy (non-hydrogen) atoms. The summed E-state index contributed by atoms with van der Waals surface area (Å²) < 4.78 is 39.4. The molecule has 0 amide bonds. The molecule has 0 bridgehead atoms. The number of alkyl halides is 3. The topological polar surface area (TPSA) is 38.1 Å². The van der Waals surface area contributed by atoms with Crippen LogP contribution in [0.4, 0.5) is 13.2 Å². The van der Waals surface area contributed by atoms with E-state index in [9.17, 15) is 13.2 Å². The van der Waals surface area contributed by atoms with Gasteiger partial charge in [-0.15, -0.1) is 0 Å². The summed E-state index contributed by atoms with van der Waals surface area (Å²) >= 11 is 5.86. The van der Waals surface area contributed by atoms with Crippen LogP contribution in [-0.4, -0.2) is 14.9 Å². The van der Waals surface area contributed by atoms with Crippen molar-refractivity contribution in [3.63, 3.8) is 0 Å². The second kappa shape index (κ2) is 6.49. The van der Waals surface area contributed by atoms with Crippen LogP contribution >= 0.6 is 11.6 Å². The maximum Gasteiger partial charge on any atom is 0.435 e. The Morgan fingerprint density at radius 2 is 1.86 bits per heavy atom. The number of rotatable bonds is 5. The molecule has 0 unspecified atom stereocenters. The van der Waals surface area contributed by atoms with E-state index in [0.29, 0.717) is 12.8 Å².